The topological polar surface area (TPSA) is 93.3 Å². The highest BCUT2D eigenvalue weighted by molar-refractivity contribution is 9.10. The van der Waals surface area contributed by atoms with Crippen molar-refractivity contribution < 1.29 is 13.2 Å². The van der Waals surface area contributed by atoms with Crippen molar-refractivity contribution in [2.45, 2.75) is 44.7 Å². The first-order valence-electron chi connectivity index (χ1n) is 9.60. The summed E-state index contributed by atoms with van der Waals surface area (Å²) in [6.07, 6.45) is 4.59. The molecule has 1 aliphatic rings. The Morgan fingerprint density at radius 3 is 2.72 bits per heavy atom. The van der Waals surface area contributed by atoms with Crippen molar-refractivity contribution in [1.29, 1.82) is 0 Å². The van der Waals surface area contributed by atoms with Gasteiger partial charge in [-0.2, -0.15) is 14.5 Å². The fourth-order valence-corrected chi connectivity index (χ4v) is 5.70. The van der Waals surface area contributed by atoms with Gasteiger partial charge in [-0.05, 0) is 42.6 Å². The molecule has 0 radical (unpaired) electrons. The van der Waals surface area contributed by atoms with Crippen LogP contribution in [0.2, 0.25) is 0 Å². The van der Waals surface area contributed by atoms with Crippen LogP contribution in [-0.4, -0.2) is 63.2 Å². The van der Waals surface area contributed by atoms with Crippen LogP contribution in [0.15, 0.2) is 21.8 Å². The molecule has 0 aromatic carbocycles. The molecular weight excluding hydrogens is 460 g/mol. The number of aromatic nitrogens is 4. The Balaban J connectivity index is 1.71. The fourth-order valence-electron chi connectivity index (χ4n) is 3.55. The quantitative estimate of drug-likeness (QED) is 0.619. The maximum absolute atomic E-state index is 13.1. The Bertz CT molecular complexity index is 999. The molecule has 2 aromatic heterocycles. The third kappa shape index (κ3) is 4.41. The normalized spacial score (nSPS) is 18.2. The number of rotatable bonds is 6. The third-order valence-corrected chi connectivity index (χ3v) is 8.05. The van der Waals surface area contributed by atoms with E-state index in [1.807, 2.05) is 17.8 Å². The lowest BCUT2D eigenvalue weighted by Crippen LogP contribution is -2.45. The van der Waals surface area contributed by atoms with Crippen LogP contribution in [0, 0.1) is 12.8 Å². The van der Waals surface area contributed by atoms with E-state index in [0.29, 0.717) is 31.6 Å². The van der Waals surface area contributed by atoms with Gasteiger partial charge in [-0.15, -0.1) is 0 Å². The molecular formula is C18H27BrN6O3S. The van der Waals surface area contributed by atoms with Gasteiger partial charge in [0, 0.05) is 39.9 Å². The zero-order chi connectivity index (χ0) is 21.3. The summed E-state index contributed by atoms with van der Waals surface area (Å²) in [6, 6.07) is 0. The summed E-state index contributed by atoms with van der Waals surface area (Å²) in [7, 11) is -0.227. The predicted octanol–water partition coefficient (Wildman–Crippen LogP) is 1.77. The molecule has 9 nitrogen and oxygen atoms in total. The zero-order valence-corrected chi connectivity index (χ0v) is 19.6. The summed E-state index contributed by atoms with van der Waals surface area (Å²) in [6.45, 7) is 5.45. The lowest BCUT2D eigenvalue weighted by molar-refractivity contribution is -0.135. The number of aryl methyl sites for hydroxylation is 2. The minimum absolute atomic E-state index is 0.0641. The first kappa shape index (κ1) is 22.0. The van der Waals surface area contributed by atoms with Gasteiger partial charge in [0.1, 0.15) is 4.90 Å². The Labute approximate surface area is 179 Å². The monoisotopic (exact) mass is 486 g/mol. The zero-order valence-electron chi connectivity index (χ0n) is 17.2. The van der Waals surface area contributed by atoms with Crippen molar-refractivity contribution in [3.63, 3.8) is 0 Å². The highest BCUT2D eigenvalue weighted by atomic mass is 79.9. The summed E-state index contributed by atoms with van der Waals surface area (Å²) in [4.78, 5) is 14.8. The van der Waals surface area contributed by atoms with Crippen LogP contribution in [0.3, 0.4) is 0 Å². The summed E-state index contributed by atoms with van der Waals surface area (Å²) in [5, 5.41) is 8.51. The molecule has 1 saturated heterocycles. The smallest absolute Gasteiger partial charge is 0.246 e. The van der Waals surface area contributed by atoms with E-state index < -0.39 is 10.0 Å². The summed E-state index contributed by atoms with van der Waals surface area (Å²) >= 11 is 3.49. The van der Waals surface area contributed by atoms with E-state index >= 15 is 0 Å². The number of nitrogens with zero attached hydrogens (tertiary/aromatic N) is 6. The molecule has 29 heavy (non-hydrogen) atoms. The average molecular weight is 487 g/mol. The molecule has 2 aromatic rings. The maximum Gasteiger partial charge on any atom is 0.246 e. The molecule has 160 valence electrons. The fraction of sp³-hybridized carbons (Fsp3) is 0.611. The number of carbonyl (C=O) groups excluding carboxylic acids is 1. The number of hydrogen-bond acceptors (Lipinski definition) is 5. The largest absolute Gasteiger partial charge is 0.339 e. The molecule has 1 fully saturated rings. The molecule has 1 amide bonds. The number of halogens is 1. The Morgan fingerprint density at radius 1 is 1.41 bits per heavy atom. The van der Waals surface area contributed by atoms with Gasteiger partial charge in [-0.25, -0.2) is 8.42 Å². The Kier molecular flexibility index (Phi) is 6.49. The second-order valence-electron chi connectivity index (χ2n) is 7.39. The van der Waals surface area contributed by atoms with Crippen LogP contribution in [0.4, 0.5) is 0 Å². The second-order valence-corrected chi connectivity index (χ2v) is 10.2. The Hall–Kier alpha value is -1.72. The van der Waals surface area contributed by atoms with E-state index in [4.69, 9.17) is 0 Å². The van der Waals surface area contributed by atoms with E-state index in [-0.39, 0.29) is 23.3 Å². The molecule has 1 atom stereocenters. The van der Waals surface area contributed by atoms with Crippen molar-refractivity contribution in [2.24, 2.45) is 13.0 Å². The summed E-state index contributed by atoms with van der Waals surface area (Å²) < 4.78 is 31.7. The SMILES string of the molecule is CCn1cc(Br)c(CN(C)C(=O)C2CCCN(S(=O)(=O)c3cnn(C)c3C)C2)n1. The van der Waals surface area contributed by atoms with Crippen LogP contribution < -0.4 is 0 Å². The second kappa shape index (κ2) is 8.57. The van der Waals surface area contributed by atoms with Crippen LogP contribution in [0.25, 0.3) is 0 Å². The highest BCUT2D eigenvalue weighted by Crippen LogP contribution is 2.27. The van der Waals surface area contributed by atoms with E-state index in [1.54, 1.807) is 30.6 Å². The first-order valence-corrected chi connectivity index (χ1v) is 11.8. The Morgan fingerprint density at radius 2 is 2.14 bits per heavy atom. The molecule has 1 unspecified atom stereocenters. The standard InChI is InChI=1S/C18H27BrN6O3S/c1-5-24-11-15(19)16(21-24)12-22(3)18(26)14-7-6-8-25(10-14)29(27,28)17-9-20-23(4)13(17)2/h9,11,14H,5-8,10,12H2,1-4H3. The van der Waals surface area contributed by atoms with Gasteiger partial charge in [0.15, 0.2) is 0 Å². The average Bonchev–Trinajstić information content (AvgIpc) is 3.23. The van der Waals surface area contributed by atoms with Crippen LogP contribution >= 0.6 is 15.9 Å². The molecule has 0 saturated carbocycles. The van der Waals surface area contributed by atoms with Crippen molar-refractivity contribution in [3.8, 4) is 0 Å². The number of carbonyl (C=O) groups is 1. The molecule has 0 spiro atoms. The van der Waals surface area contributed by atoms with E-state index in [1.165, 1.54) is 10.5 Å². The van der Waals surface area contributed by atoms with Gasteiger partial charge in [0.25, 0.3) is 0 Å². The van der Waals surface area contributed by atoms with Crippen LogP contribution in [0.5, 0.6) is 0 Å². The summed E-state index contributed by atoms with van der Waals surface area (Å²) in [5.41, 5.74) is 1.38. The minimum atomic E-state index is -3.67. The van der Waals surface area contributed by atoms with E-state index in [2.05, 4.69) is 26.1 Å². The van der Waals surface area contributed by atoms with Gasteiger partial charge in [-0.1, -0.05) is 0 Å². The maximum atomic E-state index is 13.1. The lowest BCUT2D eigenvalue weighted by atomic mass is 9.98. The number of amides is 1. The van der Waals surface area contributed by atoms with Crippen molar-refractivity contribution in [3.05, 3.63) is 28.3 Å². The van der Waals surface area contributed by atoms with E-state index in [9.17, 15) is 13.2 Å². The van der Waals surface area contributed by atoms with Crippen molar-refractivity contribution in [2.75, 3.05) is 20.1 Å². The number of hydrogen-bond donors (Lipinski definition) is 0. The number of sulfonamides is 1. The summed E-state index contributed by atoms with van der Waals surface area (Å²) in [5.74, 6) is -0.432. The first-order chi connectivity index (χ1) is 13.6. The highest BCUT2D eigenvalue weighted by Gasteiger charge is 2.36. The molecule has 0 aliphatic carbocycles. The van der Waals surface area contributed by atoms with Gasteiger partial charge in [0.2, 0.25) is 15.9 Å². The van der Waals surface area contributed by atoms with Crippen molar-refractivity contribution in [1.82, 2.24) is 28.8 Å². The number of piperidine rings is 1. The van der Waals surface area contributed by atoms with Gasteiger partial charge in [0.05, 0.1) is 34.5 Å². The van der Waals surface area contributed by atoms with Crippen molar-refractivity contribution >= 4 is 31.9 Å². The molecule has 3 rings (SSSR count). The predicted molar refractivity (Wildman–Crippen MR) is 112 cm³/mol. The minimum Gasteiger partial charge on any atom is -0.339 e. The van der Waals surface area contributed by atoms with Gasteiger partial charge >= 0.3 is 0 Å². The van der Waals surface area contributed by atoms with Crippen LogP contribution in [0.1, 0.15) is 31.2 Å². The van der Waals surface area contributed by atoms with E-state index in [0.717, 1.165) is 16.7 Å². The van der Waals surface area contributed by atoms with Gasteiger partial charge in [-0.3, -0.25) is 14.2 Å². The third-order valence-electron chi connectivity index (χ3n) is 5.42. The lowest BCUT2D eigenvalue weighted by Gasteiger charge is -2.33. The molecule has 0 bridgehead atoms. The molecule has 1 aliphatic heterocycles. The molecule has 3 heterocycles. The molecule has 11 heteroatoms. The molecule has 0 N–H and O–H groups in total. The van der Waals surface area contributed by atoms with Gasteiger partial charge < -0.3 is 4.90 Å². The van der Waals surface area contributed by atoms with Crippen LogP contribution in [-0.2, 0) is 35.0 Å².